The summed E-state index contributed by atoms with van der Waals surface area (Å²) in [4.78, 5) is 4.54. The number of rotatable bonds is 5. The molecule has 1 fully saturated rings. The highest BCUT2D eigenvalue weighted by atomic mass is 35.5. The first-order chi connectivity index (χ1) is 17.2. The van der Waals surface area contributed by atoms with Crippen molar-refractivity contribution in [2.75, 3.05) is 6.61 Å². The van der Waals surface area contributed by atoms with Crippen molar-refractivity contribution in [2.45, 2.75) is 37.7 Å². The van der Waals surface area contributed by atoms with Gasteiger partial charge in [0.25, 0.3) is 0 Å². The zero-order valence-electron chi connectivity index (χ0n) is 18.8. The van der Waals surface area contributed by atoms with Gasteiger partial charge in [-0.05, 0) is 37.3 Å². The Kier molecular flexibility index (Phi) is 6.99. The van der Waals surface area contributed by atoms with Crippen LogP contribution in [0.4, 0.5) is 4.39 Å². The van der Waals surface area contributed by atoms with Gasteiger partial charge < -0.3 is 14.9 Å². The van der Waals surface area contributed by atoms with Crippen LogP contribution >= 0.6 is 34.8 Å². The minimum Gasteiger partial charge on any atom is -0.394 e. The minimum atomic E-state index is -1.10. The van der Waals surface area contributed by atoms with Crippen LogP contribution in [0, 0.1) is 12.7 Å². The lowest BCUT2D eigenvalue weighted by molar-refractivity contribution is -0.161. The Morgan fingerprint density at radius 1 is 1.14 bits per heavy atom. The third kappa shape index (κ3) is 4.72. The molecule has 0 saturated carbocycles. The van der Waals surface area contributed by atoms with Gasteiger partial charge in [-0.1, -0.05) is 46.1 Å². The minimum absolute atomic E-state index is 0.00108. The molecule has 4 atom stereocenters. The fourth-order valence-electron chi connectivity index (χ4n) is 4.23. The van der Waals surface area contributed by atoms with Gasteiger partial charge in [0.2, 0.25) is 0 Å². The van der Waals surface area contributed by atoms with Gasteiger partial charge >= 0.3 is 0 Å². The molecule has 2 N–H and O–H groups in total. The molecule has 0 amide bonds. The average Bonchev–Trinajstić information content (AvgIpc) is 3.50. The average molecular weight is 554 g/mol. The highest BCUT2D eigenvalue weighted by Gasteiger charge is 2.41. The predicted octanol–water partition coefficient (Wildman–Crippen LogP) is 4.36. The van der Waals surface area contributed by atoms with E-state index in [1.807, 2.05) is 0 Å². The number of aliphatic hydroxyl groups is 2. The third-order valence-electron chi connectivity index (χ3n) is 5.98. The zero-order valence-corrected chi connectivity index (χ0v) is 21.0. The first kappa shape index (κ1) is 25.1. The maximum atomic E-state index is 14.0. The van der Waals surface area contributed by atoms with Crippen LogP contribution < -0.4 is 0 Å². The lowest BCUT2D eigenvalue weighted by Crippen LogP contribution is -2.45. The highest BCUT2D eigenvalue weighted by molar-refractivity contribution is 6.34. The molecule has 1 saturated heterocycles. The fourth-order valence-corrected chi connectivity index (χ4v) is 4.71. The molecule has 36 heavy (non-hydrogen) atoms. The van der Waals surface area contributed by atoms with Gasteiger partial charge in [-0.25, -0.2) is 18.7 Å². The van der Waals surface area contributed by atoms with Gasteiger partial charge in [0.05, 0.1) is 34.6 Å². The van der Waals surface area contributed by atoms with Crippen molar-refractivity contribution in [3.63, 3.8) is 0 Å². The molecule has 188 valence electrons. The summed E-state index contributed by atoms with van der Waals surface area (Å²) in [5.74, 6) is 0.317. The lowest BCUT2D eigenvalue weighted by Gasteiger charge is -2.38. The molecule has 2 aromatic carbocycles. The first-order valence-electron chi connectivity index (χ1n) is 11.0. The standard InChI is InChI=1S/C23H20Cl3FN6O3/c1-11-28-23(33(30-11)18-7-13(24)3-5-15(18)26)20-8-19(22(35)21(10-34)36-20)32-9-17(29-31-32)12-2-4-14(25)16(27)6-12/h2-7,9,19-22,34-35H,8,10H2,1H3. The molecule has 0 bridgehead atoms. The molecule has 4 aromatic rings. The highest BCUT2D eigenvalue weighted by Crippen LogP contribution is 2.39. The van der Waals surface area contributed by atoms with Gasteiger partial charge in [0.15, 0.2) is 5.82 Å². The molecule has 0 radical (unpaired) electrons. The molecule has 2 aromatic heterocycles. The topological polar surface area (TPSA) is 111 Å². The monoisotopic (exact) mass is 552 g/mol. The van der Waals surface area contributed by atoms with E-state index < -0.39 is 36.8 Å². The van der Waals surface area contributed by atoms with Crippen molar-refractivity contribution < 1.29 is 19.3 Å². The molecule has 13 heteroatoms. The summed E-state index contributed by atoms with van der Waals surface area (Å²) in [6.07, 6.45) is -0.903. The number of halogens is 4. The second-order valence-corrected chi connectivity index (χ2v) is 9.63. The normalized spacial score (nSPS) is 22.2. The van der Waals surface area contributed by atoms with E-state index in [2.05, 4.69) is 20.4 Å². The maximum absolute atomic E-state index is 14.0. The Balaban J connectivity index is 1.50. The van der Waals surface area contributed by atoms with Crippen LogP contribution in [0.3, 0.4) is 0 Å². The second kappa shape index (κ2) is 10.0. The van der Waals surface area contributed by atoms with Crippen LogP contribution in [0.25, 0.3) is 16.9 Å². The number of hydrogen-bond donors (Lipinski definition) is 2. The van der Waals surface area contributed by atoms with Crippen molar-refractivity contribution >= 4 is 34.8 Å². The van der Waals surface area contributed by atoms with E-state index in [0.29, 0.717) is 38.6 Å². The van der Waals surface area contributed by atoms with Gasteiger partial charge in [-0.3, -0.25) is 0 Å². The van der Waals surface area contributed by atoms with E-state index in [1.165, 1.54) is 16.8 Å². The number of aliphatic hydroxyl groups excluding tert-OH is 2. The molecule has 0 aliphatic carbocycles. The van der Waals surface area contributed by atoms with Gasteiger partial charge in [0.1, 0.15) is 35.6 Å². The van der Waals surface area contributed by atoms with Gasteiger partial charge in [0, 0.05) is 17.0 Å². The summed E-state index contributed by atoms with van der Waals surface area (Å²) in [5, 5.41) is 34.5. The molecule has 1 aliphatic rings. The van der Waals surface area contributed by atoms with E-state index in [0.717, 1.165) is 0 Å². The van der Waals surface area contributed by atoms with Crippen LogP contribution in [0.15, 0.2) is 42.6 Å². The summed E-state index contributed by atoms with van der Waals surface area (Å²) in [6, 6.07) is 8.66. The molecule has 0 spiro atoms. The number of aromatic nitrogens is 6. The number of nitrogens with zero attached hydrogens (tertiary/aromatic N) is 6. The molecular formula is C23H20Cl3FN6O3. The largest absolute Gasteiger partial charge is 0.394 e. The quantitative estimate of drug-likeness (QED) is 0.378. The van der Waals surface area contributed by atoms with Crippen molar-refractivity contribution in [3.05, 3.63) is 75.1 Å². The summed E-state index contributed by atoms with van der Waals surface area (Å²) < 4.78 is 23.0. The van der Waals surface area contributed by atoms with Crippen molar-refractivity contribution in [1.82, 2.24) is 29.8 Å². The van der Waals surface area contributed by atoms with E-state index >= 15 is 0 Å². The third-order valence-corrected chi connectivity index (χ3v) is 6.84. The summed E-state index contributed by atoms with van der Waals surface area (Å²) >= 11 is 18.4. The molecule has 3 heterocycles. The van der Waals surface area contributed by atoms with Crippen LogP contribution in [-0.4, -0.2) is 58.8 Å². The lowest BCUT2D eigenvalue weighted by atomic mass is 9.95. The summed E-state index contributed by atoms with van der Waals surface area (Å²) in [5.41, 5.74) is 1.39. The Morgan fingerprint density at radius 2 is 1.92 bits per heavy atom. The van der Waals surface area contributed by atoms with Gasteiger partial charge in [-0.15, -0.1) is 5.10 Å². The van der Waals surface area contributed by atoms with Crippen molar-refractivity contribution in [2.24, 2.45) is 0 Å². The van der Waals surface area contributed by atoms with Crippen LogP contribution in [-0.2, 0) is 4.74 Å². The Labute approximate surface area is 220 Å². The number of benzene rings is 2. The second-order valence-electron chi connectivity index (χ2n) is 8.38. The molecular weight excluding hydrogens is 534 g/mol. The molecule has 4 unspecified atom stereocenters. The Morgan fingerprint density at radius 3 is 2.67 bits per heavy atom. The first-order valence-corrected chi connectivity index (χ1v) is 12.1. The van der Waals surface area contributed by atoms with E-state index in [9.17, 15) is 14.6 Å². The smallest absolute Gasteiger partial charge is 0.161 e. The zero-order chi connectivity index (χ0) is 25.6. The molecule has 5 rings (SSSR count). The van der Waals surface area contributed by atoms with Crippen LogP contribution in [0.2, 0.25) is 15.1 Å². The SMILES string of the molecule is Cc1nc(C2CC(n3cc(-c4ccc(Cl)c(F)c4)nn3)C(O)C(CO)O2)n(-c2cc(Cl)ccc2Cl)n1. The van der Waals surface area contributed by atoms with Crippen LogP contribution in [0.1, 0.15) is 30.2 Å². The summed E-state index contributed by atoms with van der Waals surface area (Å²) in [7, 11) is 0. The van der Waals surface area contributed by atoms with Crippen LogP contribution in [0.5, 0.6) is 0 Å². The molecule has 1 aliphatic heterocycles. The number of ether oxygens (including phenoxy) is 1. The number of aryl methyl sites for hydroxylation is 1. The molecule has 9 nitrogen and oxygen atoms in total. The predicted molar refractivity (Wildman–Crippen MR) is 131 cm³/mol. The maximum Gasteiger partial charge on any atom is 0.161 e. The summed E-state index contributed by atoms with van der Waals surface area (Å²) in [6.45, 7) is 1.29. The van der Waals surface area contributed by atoms with E-state index in [-0.39, 0.29) is 11.4 Å². The van der Waals surface area contributed by atoms with Crippen molar-refractivity contribution in [3.8, 4) is 16.9 Å². The Bertz CT molecular complexity index is 1410. The fraction of sp³-hybridized carbons (Fsp3) is 0.304. The van der Waals surface area contributed by atoms with E-state index in [4.69, 9.17) is 39.5 Å². The van der Waals surface area contributed by atoms with Crippen molar-refractivity contribution in [1.29, 1.82) is 0 Å². The number of hydrogen-bond acceptors (Lipinski definition) is 7. The van der Waals surface area contributed by atoms with E-state index in [1.54, 1.807) is 42.1 Å². The Hall–Kier alpha value is -2.60. The van der Waals surface area contributed by atoms with Gasteiger partial charge in [-0.2, -0.15) is 5.10 Å².